The first-order valence-electron chi connectivity index (χ1n) is 10.4. The van der Waals surface area contributed by atoms with Gasteiger partial charge in [-0.25, -0.2) is 0 Å². The summed E-state index contributed by atoms with van der Waals surface area (Å²) in [6.45, 7) is 3.85. The van der Waals surface area contributed by atoms with Gasteiger partial charge in [-0.2, -0.15) is 0 Å². The van der Waals surface area contributed by atoms with Crippen molar-refractivity contribution >= 4 is 5.96 Å². The first kappa shape index (κ1) is 19.0. The van der Waals surface area contributed by atoms with Crippen molar-refractivity contribution < 1.29 is 4.74 Å². The third kappa shape index (κ3) is 4.56. The van der Waals surface area contributed by atoms with Gasteiger partial charge in [0.15, 0.2) is 5.96 Å². The maximum absolute atomic E-state index is 6.15. The Morgan fingerprint density at radius 2 is 1.86 bits per heavy atom. The predicted molar refractivity (Wildman–Crippen MR) is 115 cm³/mol. The summed E-state index contributed by atoms with van der Waals surface area (Å²) in [6.07, 6.45) is 3.64. The van der Waals surface area contributed by atoms with Gasteiger partial charge in [-0.3, -0.25) is 4.99 Å². The molecule has 2 fully saturated rings. The summed E-state index contributed by atoms with van der Waals surface area (Å²) in [5.74, 6) is 1.95. The molecule has 4 unspecified atom stereocenters. The van der Waals surface area contributed by atoms with Crippen molar-refractivity contribution in [2.24, 2.45) is 10.9 Å². The molecule has 4 rings (SSSR count). The molecule has 0 amide bonds. The van der Waals surface area contributed by atoms with Crippen molar-refractivity contribution in [1.82, 2.24) is 10.6 Å². The molecule has 4 heteroatoms. The number of rotatable bonds is 5. The van der Waals surface area contributed by atoms with Crippen molar-refractivity contribution in [1.29, 1.82) is 0 Å². The Kier molecular flexibility index (Phi) is 5.96. The number of ether oxygens (including phenoxy) is 1. The van der Waals surface area contributed by atoms with Gasteiger partial charge in [-0.1, -0.05) is 60.2 Å². The second kappa shape index (κ2) is 8.78. The lowest BCUT2D eigenvalue weighted by Crippen LogP contribution is -2.43. The van der Waals surface area contributed by atoms with E-state index in [-0.39, 0.29) is 6.10 Å². The maximum Gasteiger partial charge on any atom is 0.191 e. The molecule has 4 nitrogen and oxygen atoms in total. The quantitative estimate of drug-likeness (QED) is 0.607. The average molecular weight is 378 g/mol. The lowest BCUT2D eigenvalue weighted by atomic mass is 9.89. The highest BCUT2D eigenvalue weighted by atomic mass is 16.5. The van der Waals surface area contributed by atoms with Gasteiger partial charge in [0.1, 0.15) is 0 Å². The Labute approximate surface area is 168 Å². The average Bonchev–Trinajstić information content (AvgIpc) is 3.52. The highest BCUT2D eigenvalue weighted by Gasteiger charge is 2.39. The maximum atomic E-state index is 6.15. The number of benzene rings is 2. The van der Waals surface area contributed by atoms with Crippen LogP contribution in [0.25, 0.3) is 0 Å². The van der Waals surface area contributed by atoms with E-state index in [0.717, 1.165) is 25.5 Å². The topological polar surface area (TPSA) is 45.7 Å². The van der Waals surface area contributed by atoms with Crippen LogP contribution in [0.1, 0.15) is 48.0 Å². The zero-order valence-corrected chi connectivity index (χ0v) is 16.9. The van der Waals surface area contributed by atoms with Crippen LogP contribution in [0, 0.1) is 12.8 Å². The summed E-state index contributed by atoms with van der Waals surface area (Å²) >= 11 is 0. The first-order chi connectivity index (χ1) is 13.7. The summed E-state index contributed by atoms with van der Waals surface area (Å²) < 4.78 is 6.15. The zero-order chi connectivity index (χ0) is 19.3. The number of nitrogens with zero attached hydrogens (tertiary/aromatic N) is 1. The van der Waals surface area contributed by atoms with Crippen LogP contribution < -0.4 is 10.6 Å². The van der Waals surface area contributed by atoms with Gasteiger partial charge >= 0.3 is 0 Å². The molecule has 1 aliphatic carbocycles. The molecule has 1 saturated carbocycles. The van der Waals surface area contributed by atoms with E-state index in [9.17, 15) is 0 Å². The molecule has 4 atom stereocenters. The van der Waals surface area contributed by atoms with Crippen molar-refractivity contribution in [2.75, 3.05) is 20.2 Å². The largest absolute Gasteiger partial charge is 0.373 e. The van der Waals surface area contributed by atoms with Crippen LogP contribution >= 0.6 is 0 Å². The molecule has 2 aromatic rings. The monoisotopic (exact) mass is 377 g/mol. The van der Waals surface area contributed by atoms with Gasteiger partial charge in [0.25, 0.3) is 0 Å². The third-order valence-electron chi connectivity index (χ3n) is 5.95. The Morgan fingerprint density at radius 3 is 2.61 bits per heavy atom. The van der Waals surface area contributed by atoms with Crippen LogP contribution in [0.2, 0.25) is 0 Å². The van der Waals surface area contributed by atoms with Gasteiger partial charge in [0, 0.05) is 38.1 Å². The number of aryl methyl sites for hydroxylation is 1. The normalized spacial score (nSPS) is 27.3. The molecule has 2 aromatic carbocycles. The summed E-state index contributed by atoms with van der Waals surface area (Å²) in [4.78, 5) is 4.44. The Balaban J connectivity index is 1.32. The van der Waals surface area contributed by atoms with Crippen molar-refractivity contribution in [3.05, 3.63) is 71.3 Å². The molecule has 0 bridgehead atoms. The fourth-order valence-electron chi connectivity index (χ4n) is 4.20. The minimum absolute atomic E-state index is 0.165. The second-order valence-corrected chi connectivity index (χ2v) is 8.06. The lowest BCUT2D eigenvalue weighted by Gasteiger charge is -2.32. The lowest BCUT2D eigenvalue weighted by molar-refractivity contribution is -0.0265. The van der Waals surface area contributed by atoms with Crippen LogP contribution in [-0.4, -0.2) is 32.2 Å². The smallest absolute Gasteiger partial charge is 0.191 e. The molecular formula is C24H31N3O. The molecular weight excluding hydrogens is 346 g/mol. The highest BCUT2D eigenvalue weighted by molar-refractivity contribution is 5.80. The molecule has 2 N–H and O–H groups in total. The number of guanidine groups is 1. The molecule has 1 aliphatic heterocycles. The predicted octanol–water partition coefficient (Wildman–Crippen LogP) is 4.18. The second-order valence-electron chi connectivity index (χ2n) is 8.06. The molecule has 0 radical (unpaired) electrons. The molecule has 1 saturated heterocycles. The van der Waals surface area contributed by atoms with Gasteiger partial charge in [-0.05, 0) is 37.3 Å². The SMILES string of the molecule is CN=C(NCC1CCCOC1c1ccc(C)cc1)NC1CC1c1ccccc1. The molecule has 0 aromatic heterocycles. The highest BCUT2D eigenvalue weighted by Crippen LogP contribution is 2.40. The van der Waals surface area contributed by atoms with E-state index in [1.165, 1.54) is 29.5 Å². The van der Waals surface area contributed by atoms with E-state index in [4.69, 9.17) is 4.74 Å². The van der Waals surface area contributed by atoms with Gasteiger partial charge in [0.2, 0.25) is 0 Å². The van der Waals surface area contributed by atoms with Gasteiger partial charge in [-0.15, -0.1) is 0 Å². The van der Waals surface area contributed by atoms with Crippen LogP contribution in [-0.2, 0) is 4.74 Å². The zero-order valence-electron chi connectivity index (χ0n) is 16.9. The summed E-state index contributed by atoms with van der Waals surface area (Å²) in [6, 6.07) is 20.0. The molecule has 0 spiro atoms. The van der Waals surface area contributed by atoms with E-state index in [2.05, 4.69) is 77.1 Å². The van der Waals surface area contributed by atoms with E-state index in [1.807, 2.05) is 7.05 Å². The summed E-state index contributed by atoms with van der Waals surface area (Å²) in [5, 5.41) is 7.14. The number of aliphatic imine (C=N–C) groups is 1. The minimum atomic E-state index is 0.165. The van der Waals surface area contributed by atoms with Crippen LogP contribution in [0.3, 0.4) is 0 Å². The van der Waals surface area contributed by atoms with Gasteiger partial charge in [0.05, 0.1) is 6.10 Å². The van der Waals surface area contributed by atoms with Crippen molar-refractivity contribution in [3.63, 3.8) is 0 Å². The van der Waals surface area contributed by atoms with Crippen LogP contribution in [0.15, 0.2) is 59.6 Å². The Bertz CT molecular complexity index is 787. The van der Waals surface area contributed by atoms with E-state index < -0.39 is 0 Å². The molecule has 28 heavy (non-hydrogen) atoms. The van der Waals surface area contributed by atoms with Crippen LogP contribution in [0.4, 0.5) is 0 Å². The standard InChI is InChI=1S/C24H31N3O/c1-17-10-12-19(13-11-17)23-20(9-6-14-28-23)16-26-24(25-2)27-22-15-21(22)18-7-4-3-5-8-18/h3-5,7-8,10-13,20-23H,6,9,14-16H2,1-2H3,(H2,25,26,27). The van der Waals surface area contributed by atoms with E-state index >= 15 is 0 Å². The Morgan fingerprint density at radius 1 is 1.07 bits per heavy atom. The van der Waals surface area contributed by atoms with Crippen LogP contribution in [0.5, 0.6) is 0 Å². The number of hydrogen-bond acceptors (Lipinski definition) is 2. The van der Waals surface area contributed by atoms with Gasteiger partial charge < -0.3 is 15.4 Å². The number of nitrogens with one attached hydrogen (secondary N) is 2. The number of hydrogen-bond donors (Lipinski definition) is 2. The van der Waals surface area contributed by atoms with E-state index in [0.29, 0.717) is 17.9 Å². The summed E-state index contributed by atoms with van der Waals surface area (Å²) in [7, 11) is 1.85. The third-order valence-corrected chi connectivity index (χ3v) is 5.95. The fourth-order valence-corrected chi connectivity index (χ4v) is 4.20. The van der Waals surface area contributed by atoms with Crippen molar-refractivity contribution in [3.8, 4) is 0 Å². The van der Waals surface area contributed by atoms with Crippen molar-refractivity contribution in [2.45, 2.75) is 44.2 Å². The minimum Gasteiger partial charge on any atom is -0.373 e. The van der Waals surface area contributed by atoms with E-state index in [1.54, 1.807) is 0 Å². The first-order valence-corrected chi connectivity index (χ1v) is 10.4. The molecule has 2 aliphatic rings. The summed E-state index contributed by atoms with van der Waals surface area (Å²) in [5.41, 5.74) is 3.98. The Hall–Kier alpha value is -2.33. The molecule has 1 heterocycles. The fraction of sp³-hybridized carbons (Fsp3) is 0.458. The molecule has 148 valence electrons.